The number of aliphatic hydroxyl groups is 1. The number of rotatable bonds is 37. The fourth-order valence-corrected chi connectivity index (χ4v) is 7.79. The molecule has 0 aromatic heterocycles. The highest BCUT2D eigenvalue weighted by Crippen LogP contribution is 2.14. The molecule has 0 heterocycles. The van der Waals surface area contributed by atoms with Crippen molar-refractivity contribution in [2.45, 2.75) is 195 Å². The van der Waals surface area contributed by atoms with E-state index in [9.17, 15) is 43.5 Å². The summed E-state index contributed by atoms with van der Waals surface area (Å²) in [5.41, 5.74) is 27.6. The largest absolute Gasteiger partial charge is 0.394 e. The molecule has 0 saturated heterocycles. The molecule has 0 saturated carbocycles. The van der Waals surface area contributed by atoms with Crippen molar-refractivity contribution in [3.63, 3.8) is 0 Å². The number of hydrogen-bond acceptors (Lipinski definition) is 12. The van der Waals surface area contributed by atoms with Crippen LogP contribution < -0.4 is 71.2 Å². The third-order valence-corrected chi connectivity index (χ3v) is 11.4. The van der Waals surface area contributed by atoms with Gasteiger partial charge in [-0.25, -0.2) is 0 Å². The van der Waals surface area contributed by atoms with Gasteiger partial charge in [0.2, 0.25) is 47.3 Å². The van der Waals surface area contributed by atoms with Gasteiger partial charge in [0.15, 0.2) is 11.9 Å². The first-order valence-electron chi connectivity index (χ1n) is 25.9. The van der Waals surface area contributed by atoms with E-state index in [1.54, 1.807) is 13.8 Å². The average molecular weight is 1040 g/mol. The second-order valence-corrected chi connectivity index (χ2v) is 20.9. The standard InChI is InChI=1S/C49H95N15O9/c1-27(2)22-36(57-32(11)66)43(69)61-38(24-29(5)6)45(71)63-39(25-30(7)8)46(72)62-37(23-28(3)4)44(70)59-35(18-15-21-56-49(53)54)42(68)64-40(31(9)10)47(73)60-34(17-12-13-19-50)41(67)58-33(26-65)16-14-20-55-48(51)52/h27-31,33-40,65H,12-26,50H2,1-11H3,(H,57,66)(H,58,67)(H,59,70)(H,60,73)(H,61,69)(H,62,72)(H,63,71)(H,64,68)(H4,51,52,55)(H4,53,54,56)/t33-,34-,35-,36+,37-,38-,39-,40-/m0/s1. The maximum atomic E-state index is 14.3. The molecule has 0 radical (unpaired) electrons. The smallest absolute Gasteiger partial charge is 0.243 e. The molecule has 19 N–H and O–H groups in total. The first kappa shape index (κ1) is 67.2. The predicted molar refractivity (Wildman–Crippen MR) is 284 cm³/mol. The number of unbranched alkanes of at least 4 members (excludes halogenated alkanes) is 1. The average Bonchev–Trinajstić information content (AvgIpc) is 3.27. The van der Waals surface area contributed by atoms with E-state index in [-0.39, 0.29) is 93.8 Å². The van der Waals surface area contributed by atoms with Gasteiger partial charge in [-0.3, -0.25) is 48.3 Å². The van der Waals surface area contributed by atoms with Crippen LogP contribution in [0.15, 0.2) is 9.98 Å². The molecule has 0 aromatic rings. The molecule has 0 fully saturated rings. The van der Waals surface area contributed by atoms with E-state index < -0.39 is 102 Å². The van der Waals surface area contributed by atoms with E-state index in [1.165, 1.54) is 6.92 Å². The summed E-state index contributed by atoms with van der Waals surface area (Å²) in [5, 5.41) is 32.2. The summed E-state index contributed by atoms with van der Waals surface area (Å²) in [6.45, 7) is 20.1. The summed E-state index contributed by atoms with van der Waals surface area (Å²) in [5.74, 6) is -5.89. The van der Waals surface area contributed by atoms with Gasteiger partial charge in [-0.15, -0.1) is 0 Å². The zero-order valence-electron chi connectivity index (χ0n) is 45.6. The molecule has 24 heteroatoms. The van der Waals surface area contributed by atoms with E-state index in [1.807, 2.05) is 55.4 Å². The molecule has 0 bridgehead atoms. The Hall–Kier alpha value is -5.78. The van der Waals surface area contributed by atoms with E-state index in [0.717, 1.165) is 0 Å². The summed E-state index contributed by atoms with van der Waals surface area (Å²) in [6, 6.07) is -8.44. The second-order valence-electron chi connectivity index (χ2n) is 20.9. The third kappa shape index (κ3) is 30.1. The molecule has 73 heavy (non-hydrogen) atoms. The molecule has 0 aliphatic carbocycles. The molecule has 0 aliphatic rings. The Bertz CT molecular complexity index is 1790. The van der Waals surface area contributed by atoms with Gasteiger partial charge in [0.1, 0.15) is 42.3 Å². The Balaban J connectivity index is 6.71. The Morgan fingerprint density at radius 2 is 0.753 bits per heavy atom. The number of aliphatic imine (C=N–C) groups is 2. The number of guanidine groups is 2. The van der Waals surface area contributed by atoms with Crippen molar-refractivity contribution in [1.29, 1.82) is 0 Å². The highest BCUT2D eigenvalue weighted by atomic mass is 16.3. The van der Waals surface area contributed by atoms with Crippen LogP contribution in [0.2, 0.25) is 0 Å². The molecule has 420 valence electrons. The second kappa shape index (κ2) is 36.2. The fourth-order valence-electron chi connectivity index (χ4n) is 7.79. The van der Waals surface area contributed by atoms with Crippen LogP contribution in [0.5, 0.6) is 0 Å². The quantitative estimate of drug-likeness (QED) is 0.0201. The number of amides is 8. The monoisotopic (exact) mass is 1040 g/mol. The van der Waals surface area contributed by atoms with Gasteiger partial charge < -0.3 is 76.3 Å². The van der Waals surface area contributed by atoms with Crippen LogP contribution in [0.1, 0.15) is 147 Å². The maximum absolute atomic E-state index is 14.3. The molecule has 8 atom stereocenters. The molecule has 0 rings (SSSR count). The lowest BCUT2D eigenvalue weighted by molar-refractivity contribution is -0.136. The zero-order valence-corrected chi connectivity index (χ0v) is 45.6. The summed E-state index contributed by atoms with van der Waals surface area (Å²) >= 11 is 0. The molecule has 0 unspecified atom stereocenters. The minimum absolute atomic E-state index is 0.00788. The van der Waals surface area contributed by atoms with Gasteiger partial charge in [-0.05, 0) is 107 Å². The Morgan fingerprint density at radius 3 is 1.10 bits per heavy atom. The van der Waals surface area contributed by atoms with Crippen molar-refractivity contribution in [3.8, 4) is 0 Å². The number of hydrogen-bond donors (Lipinski definition) is 14. The summed E-state index contributed by atoms with van der Waals surface area (Å²) in [4.78, 5) is 118. The molecular weight excluding hydrogens is 943 g/mol. The van der Waals surface area contributed by atoms with Gasteiger partial charge in [-0.1, -0.05) is 69.2 Å². The minimum Gasteiger partial charge on any atom is -0.394 e. The van der Waals surface area contributed by atoms with E-state index in [4.69, 9.17) is 28.7 Å². The number of nitrogens with two attached hydrogens (primary N) is 5. The van der Waals surface area contributed by atoms with Crippen LogP contribution in [-0.4, -0.2) is 139 Å². The van der Waals surface area contributed by atoms with Gasteiger partial charge >= 0.3 is 0 Å². The normalized spacial score (nSPS) is 14.7. The van der Waals surface area contributed by atoms with Crippen molar-refractivity contribution in [2.75, 3.05) is 26.2 Å². The summed E-state index contributed by atoms with van der Waals surface area (Å²) in [6.07, 6.45) is 3.17. The lowest BCUT2D eigenvalue weighted by atomic mass is 9.97. The third-order valence-electron chi connectivity index (χ3n) is 11.4. The zero-order chi connectivity index (χ0) is 56.0. The molecule has 8 amide bonds. The Kier molecular flexibility index (Phi) is 33.3. The lowest BCUT2D eigenvalue weighted by Gasteiger charge is -2.30. The number of aliphatic hydroxyl groups excluding tert-OH is 1. The summed E-state index contributed by atoms with van der Waals surface area (Å²) < 4.78 is 0. The van der Waals surface area contributed by atoms with E-state index >= 15 is 0 Å². The van der Waals surface area contributed by atoms with E-state index in [0.29, 0.717) is 38.6 Å². The van der Waals surface area contributed by atoms with Crippen molar-refractivity contribution in [1.82, 2.24) is 42.5 Å². The van der Waals surface area contributed by atoms with Gasteiger partial charge in [0.25, 0.3) is 0 Å². The van der Waals surface area contributed by atoms with E-state index in [2.05, 4.69) is 52.5 Å². The highest BCUT2D eigenvalue weighted by molar-refractivity contribution is 5.97. The first-order chi connectivity index (χ1) is 34.1. The minimum atomic E-state index is -1.26. The lowest BCUT2D eigenvalue weighted by Crippen LogP contribution is -2.61. The number of carbonyl (C=O) groups is 8. The molecular formula is C49H95N15O9. The van der Waals surface area contributed by atoms with Crippen LogP contribution in [0.3, 0.4) is 0 Å². The maximum Gasteiger partial charge on any atom is 0.243 e. The number of carbonyl (C=O) groups excluding carboxylic acids is 8. The van der Waals surface area contributed by atoms with Crippen LogP contribution in [0, 0.1) is 29.6 Å². The van der Waals surface area contributed by atoms with Crippen LogP contribution in [0.4, 0.5) is 0 Å². The van der Waals surface area contributed by atoms with Gasteiger partial charge in [-0.2, -0.15) is 0 Å². The van der Waals surface area contributed by atoms with Gasteiger partial charge in [0, 0.05) is 20.0 Å². The Morgan fingerprint density at radius 1 is 0.425 bits per heavy atom. The van der Waals surface area contributed by atoms with Crippen LogP contribution >= 0.6 is 0 Å². The molecule has 0 aliphatic heterocycles. The molecule has 0 aromatic carbocycles. The highest BCUT2D eigenvalue weighted by Gasteiger charge is 2.35. The van der Waals surface area contributed by atoms with Crippen molar-refractivity contribution < 1.29 is 43.5 Å². The Labute approximate surface area is 433 Å². The number of nitrogens with zero attached hydrogens (tertiary/aromatic N) is 2. The van der Waals surface area contributed by atoms with Crippen molar-refractivity contribution in [2.24, 2.45) is 68.2 Å². The predicted octanol–water partition coefficient (Wildman–Crippen LogP) is -1.05. The van der Waals surface area contributed by atoms with Crippen molar-refractivity contribution >= 4 is 59.2 Å². The summed E-state index contributed by atoms with van der Waals surface area (Å²) in [7, 11) is 0. The van der Waals surface area contributed by atoms with Crippen LogP contribution in [-0.2, 0) is 38.4 Å². The SMILES string of the molecule is CC(=O)N[C@H](CC(C)C)C(=O)N[C@@H](CC(C)C)C(=O)N[C@@H](CC(C)C)C(=O)N[C@@H](CC(C)C)C(=O)N[C@@H](CCCN=C(N)N)C(=O)N[C@H](C(=O)N[C@@H](CCCCN)C(=O)N[C@H](CO)CCCN=C(N)N)C(C)C. The fraction of sp³-hybridized carbons (Fsp3) is 0.796. The number of nitrogens with one attached hydrogen (secondary N) is 8. The van der Waals surface area contributed by atoms with Gasteiger partial charge in [0.05, 0.1) is 12.6 Å². The van der Waals surface area contributed by atoms with Crippen LogP contribution in [0.25, 0.3) is 0 Å². The molecule has 0 spiro atoms. The molecule has 24 nitrogen and oxygen atoms in total. The first-order valence-corrected chi connectivity index (χ1v) is 25.9. The topological polar surface area (TPSA) is 408 Å². The van der Waals surface area contributed by atoms with Crippen molar-refractivity contribution in [3.05, 3.63) is 0 Å².